The summed E-state index contributed by atoms with van der Waals surface area (Å²) in [6, 6.07) is 3.90. The van der Waals surface area contributed by atoms with Gasteiger partial charge in [0.1, 0.15) is 11.4 Å². The second kappa shape index (κ2) is 11.0. The molecule has 0 spiro atoms. The standard InChI is InChI=1S/C14H26S2.C13H21NO/c1-13(2,3)8-7-11-12(14(4,5)6)16-10-9-15-11;1-12(2,3)11-10(8-7-9-14-11)15-13(4,5)6/h7-10H2,1-6H3;7-9H,1-6H3. The van der Waals surface area contributed by atoms with Gasteiger partial charge in [0.2, 0.25) is 0 Å². The quantitative estimate of drug-likeness (QED) is 0.443. The van der Waals surface area contributed by atoms with Crippen LogP contribution in [0.4, 0.5) is 0 Å². The van der Waals surface area contributed by atoms with E-state index in [2.05, 4.69) is 90.8 Å². The minimum absolute atomic E-state index is 0.0157. The molecule has 1 aromatic heterocycles. The van der Waals surface area contributed by atoms with Gasteiger partial charge in [-0.05, 0) is 66.4 Å². The van der Waals surface area contributed by atoms with Gasteiger partial charge < -0.3 is 4.74 Å². The first-order valence-corrected chi connectivity index (χ1v) is 13.5. The van der Waals surface area contributed by atoms with Gasteiger partial charge in [-0.25, -0.2) is 0 Å². The Morgan fingerprint density at radius 3 is 1.90 bits per heavy atom. The van der Waals surface area contributed by atoms with Crippen LogP contribution in [0.3, 0.4) is 0 Å². The van der Waals surface area contributed by atoms with Gasteiger partial charge in [-0.1, -0.05) is 62.3 Å². The van der Waals surface area contributed by atoms with Crippen molar-refractivity contribution in [3.05, 3.63) is 33.8 Å². The van der Waals surface area contributed by atoms with Gasteiger partial charge in [0, 0.05) is 23.1 Å². The summed E-state index contributed by atoms with van der Waals surface area (Å²) in [5.41, 5.74) is 1.65. The molecular formula is C27H47NOS2. The van der Waals surface area contributed by atoms with Gasteiger partial charge >= 0.3 is 0 Å². The molecule has 0 aliphatic carbocycles. The van der Waals surface area contributed by atoms with E-state index in [0.29, 0.717) is 10.8 Å². The van der Waals surface area contributed by atoms with Crippen molar-refractivity contribution in [2.75, 3.05) is 11.5 Å². The molecule has 0 amide bonds. The topological polar surface area (TPSA) is 22.1 Å². The molecule has 0 bridgehead atoms. The van der Waals surface area contributed by atoms with Gasteiger partial charge in [0.25, 0.3) is 0 Å². The zero-order valence-electron chi connectivity index (χ0n) is 22.2. The fourth-order valence-corrected chi connectivity index (χ4v) is 5.98. The van der Waals surface area contributed by atoms with E-state index in [0.717, 1.165) is 11.4 Å². The number of pyridine rings is 1. The number of thioether (sulfide) groups is 2. The summed E-state index contributed by atoms with van der Waals surface area (Å²) in [6.45, 7) is 26.6. The highest BCUT2D eigenvalue weighted by atomic mass is 32.2. The summed E-state index contributed by atoms with van der Waals surface area (Å²) < 4.78 is 5.90. The van der Waals surface area contributed by atoms with Crippen LogP contribution in [-0.2, 0) is 5.41 Å². The summed E-state index contributed by atoms with van der Waals surface area (Å²) in [5, 5.41) is 0. The molecule has 1 aliphatic rings. The van der Waals surface area contributed by atoms with Gasteiger partial charge in [-0.15, -0.1) is 23.5 Å². The minimum atomic E-state index is -0.178. The summed E-state index contributed by atoms with van der Waals surface area (Å²) in [5.74, 6) is 3.47. The van der Waals surface area contributed by atoms with Crippen LogP contribution in [0.5, 0.6) is 5.75 Å². The van der Waals surface area contributed by atoms with E-state index in [1.165, 1.54) is 24.3 Å². The Morgan fingerprint density at radius 1 is 0.839 bits per heavy atom. The van der Waals surface area contributed by atoms with Crippen molar-refractivity contribution in [1.82, 2.24) is 4.98 Å². The molecule has 2 rings (SSSR count). The minimum Gasteiger partial charge on any atom is -0.486 e. The summed E-state index contributed by atoms with van der Waals surface area (Å²) >= 11 is 4.19. The van der Waals surface area contributed by atoms with Gasteiger partial charge in [0.15, 0.2) is 0 Å². The van der Waals surface area contributed by atoms with Crippen molar-refractivity contribution in [3.8, 4) is 5.75 Å². The van der Waals surface area contributed by atoms with E-state index in [-0.39, 0.29) is 11.0 Å². The highest BCUT2D eigenvalue weighted by Crippen LogP contribution is 2.46. The normalized spacial score (nSPS) is 16.0. The third-order valence-electron chi connectivity index (χ3n) is 4.54. The number of aromatic nitrogens is 1. The Balaban J connectivity index is 0.000000311. The lowest BCUT2D eigenvalue weighted by atomic mass is 9.89. The molecule has 0 atom stereocenters. The molecule has 0 N–H and O–H groups in total. The molecule has 0 saturated carbocycles. The molecule has 0 radical (unpaired) electrons. The van der Waals surface area contributed by atoms with E-state index >= 15 is 0 Å². The Hall–Kier alpha value is -0.610. The van der Waals surface area contributed by atoms with Crippen LogP contribution in [0.15, 0.2) is 28.1 Å². The number of rotatable bonds is 3. The van der Waals surface area contributed by atoms with Crippen LogP contribution < -0.4 is 4.74 Å². The molecule has 31 heavy (non-hydrogen) atoms. The lowest BCUT2D eigenvalue weighted by Gasteiger charge is -2.30. The number of ether oxygens (including phenoxy) is 1. The van der Waals surface area contributed by atoms with Crippen LogP contribution in [0.1, 0.15) is 102 Å². The Bertz CT molecular complexity index is 725. The number of nitrogens with zero attached hydrogens (tertiary/aromatic N) is 1. The summed E-state index contributed by atoms with van der Waals surface area (Å²) in [4.78, 5) is 7.72. The van der Waals surface area contributed by atoms with Crippen LogP contribution in [0.25, 0.3) is 0 Å². The third-order valence-corrected chi connectivity index (χ3v) is 7.65. The van der Waals surface area contributed by atoms with E-state index in [9.17, 15) is 0 Å². The van der Waals surface area contributed by atoms with Crippen LogP contribution in [0, 0.1) is 10.8 Å². The molecule has 4 heteroatoms. The lowest BCUT2D eigenvalue weighted by molar-refractivity contribution is 0.127. The summed E-state index contributed by atoms with van der Waals surface area (Å²) in [7, 11) is 0. The fraction of sp³-hybridized carbons (Fsp3) is 0.741. The maximum Gasteiger partial charge on any atom is 0.142 e. The van der Waals surface area contributed by atoms with Crippen molar-refractivity contribution in [3.63, 3.8) is 0 Å². The smallest absolute Gasteiger partial charge is 0.142 e. The molecule has 178 valence electrons. The average molecular weight is 466 g/mol. The van der Waals surface area contributed by atoms with Gasteiger partial charge in [-0.2, -0.15) is 0 Å². The number of allylic oxidation sites excluding steroid dienone is 2. The molecule has 1 aromatic rings. The van der Waals surface area contributed by atoms with Gasteiger partial charge in [0.05, 0.1) is 5.69 Å². The average Bonchev–Trinajstić information content (AvgIpc) is 2.57. The Morgan fingerprint density at radius 2 is 1.42 bits per heavy atom. The first kappa shape index (κ1) is 28.4. The Labute approximate surface area is 201 Å². The first-order chi connectivity index (χ1) is 13.9. The van der Waals surface area contributed by atoms with Crippen molar-refractivity contribution < 1.29 is 4.74 Å². The van der Waals surface area contributed by atoms with Crippen molar-refractivity contribution in [1.29, 1.82) is 0 Å². The molecule has 0 aromatic carbocycles. The van der Waals surface area contributed by atoms with Crippen LogP contribution >= 0.6 is 23.5 Å². The zero-order chi connectivity index (χ0) is 24.1. The third kappa shape index (κ3) is 11.2. The molecule has 1 aliphatic heterocycles. The maximum atomic E-state index is 5.90. The number of hydrogen-bond donors (Lipinski definition) is 0. The highest BCUT2D eigenvalue weighted by molar-refractivity contribution is 8.10. The number of hydrogen-bond acceptors (Lipinski definition) is 4. The van der Waals surface area contributed by atoms with E-state index < -0.39 is 0 Å². The largest absolute Gasteiger partial charge is 0.486 e. The molecule has 2 nitrogen and oxygen atoms in total. The predicted octanol–water partition coefficient (Wildman–Crippen LogP) is 9.11. The molecule has 0 unspecified atom stereocenters. The SMILES string of the molecule is CC(C)(C)CCC1=C(C(C)(C)C)SCCS1.CC(C)(C)Oc1cccnc1C(C)(C)C. The second-order valence-electron chi connectivity index (χ2n) is 12.6. The van der Waals surface area contributed by atoms with Crippen molar-refractivity contribution in [2.24, 2.45) is 10.8 Å². The maximum absolute atomic E-state index is 5.90. The zero-order valence-corrected chi connectivity index (χ0v) is 23.9. The Kier molecular flexibility index (Phi) is 10.1. The summed E-state index contributed by atoms with van der Waals surface area (Å²) in [6.07, 6.45) is 4.39. The van der Waals surface area contributed by atoms with E-state index in [1.807, 2.05) is 39.1 Å². The molecule has 0 fully saturated rings. The van der Waals surface area contributed by atoms with E-state index in [4.69, 9.17) is 4.74 Å². The first-order valence-electron chi connectivity index (χ1n) is 11.5. The van der Waals surface area contributed by atoms with Crippen LogP contribution in [0.2, 0.25) is 0 Å². The predicted molar refractivity (Wildman–Crippen MR) is 143 cm³/mol. The second-order valence-corrected chi connectivity index (χ2v) is 14.9. The van der Waals surface area contributed by atoms with Crippen LogP contribution in [-0.4, -0.2) is 22.1 Å². The van der Waals surface area contributed by atoms with E-state index in [1.54, 1.807) is 9.81 Å². The molecular weight excluding hydrogens is 418 g/mol. The van der Waals surface area contributed by atoms with Crippen molar-refractivity contribution in [2.45, 2.75) is 107 Å². The fourth-order valence-electron chi connectivity index (χ4n) is 3.13. The van der Waals surface area contributed by atoms with Crippen molar-refractivity contribution >= 4 is 23.5 Å². The lowest BCUT2D eigenvalue weighted by Crippen LogP contribution is -2.26. The van der Waals surface area contributed by atoms with Gasteiger partial charge in [-0.3, -0.25) is 4.98 Å². The molecule has 0 saturated heterocycles. The monoisotopic (exact) mass is 465 g/mol. The molecule has 2 heterocycles. The highest BCUT2D eigenvalue weighted by Gasteiger charge is 2.26.